The van der Waals surface area contributed by atoms with Crippen LogP contribution in [0, 0.1) is 0 Å². The number of carbonyl (C=O) groups is 1. The Labute approximate surface area is 125 Å². The molecule has 0 saturated heterocycles. The highest BCUT2D eigenvalue weighted by Gasteiger charge is 2.14. The predicted molar refractivity (Wildman–Crippen MR) is 79.6 cm³/mol. The van der Waals surface area contributed by atoms with Gasteiger partial charge in [-0.25, -0.2) is 0 Å². The van der Waals surface area contributed by atoms with E-state index in [0.717, 1.165) is 0 Å². The monoisotopic (exact) mass is 308 g/mol. The van der Waals surface area contributed by atoms with E-state index in [2.05, 4.69) is 10.3 Å². The highest BCUT2D eigenvalue weighted by Crippen LogP contribution is 2.35. The summed E-state index contributed by atoms with van der Waals surface area (Å²) in [7, 11) is 2.92. The van der Waals surface area contributed by atoms with E-state index < -0.39 is 5.91 Å². The minimum Gasteiger partial charge on any atom is -0.495 e. The van der Waals surface area contributed by atoms with Crippen LogP contribution in [0.15, 0.2) is 35.3 Å². The number of aromatic amines is 1. The Bertz CT molecular complexity index is 727. The molecule has 2 N–H and O–H groups in total. The Balaban J connectivity index is 2.34. The molecular formula is C14H13ClN2O4. The highest BCUT2D eigenvalue weighted by molar-refractivity contribution is 6.32. The lowest BCUT2D eigenvalue weighted by Crippen LogP contribution is -2.16. The van der Waals surface area contributed by atoms with Crippen LogP contribution in [0.25, 0.3) is 0 Å². The lowest BCUT2D eigenvalue weighted by atomic mass is 10.2. The van der Waals surface area contributed by atoms with Crippen LogP contribution < -0.4 is 20.2 Å². The van der Waals surface area contributed by atoms with Gasteiger partial charge in [-0.2, -0.15) is 0 Å². The smallest absolute Gasteiger partial charge is 0.272 e. The van der Waals surface area contributed by atoms with Gasteiger partial charge in [-0.3, -0.25) is 9.59 Å². The summed E-state index contributed by atoms with van der Waals surface area (Å²) in [6.07, 6.45) is 1.40. The number of nitrogens with one attached hydrogen (secondary N) is 2. The third-order valence-electron chi connectivity index (χ3n) is 2.74. The highest BCUT2D eigenvalue weighted by atomic mass is 35.5. The number of methoxy groups -OCH3 is 2. The molecule has 0 radical (unpaired) electrons. The molecule has 2 aromatic rings. The molecule has 0 saturated carbocycles. The summed E-state index contributed by atoms with van der Waals surface area (Å²) >= 11 is 5.99. The number of amides is 1. The van der Waals surface area contributed by atoms with Gasteiger partial charge in [-0.05, 0) is 0 Å². The fraction of sp³-hybridized carbons (Fsp3) is 0.143. The molecule has 0 spiro atoms. The van der Waals surface area contributed by atoms with Crippen LogP contribution in [0.2, 0.25) is 5.02 Å². The minimum atomic E-state index is -0.477. The van der Waals surface area contributed by atoms with Crippen molar-refractivity contribution >= 4 is 23.2 Å². The van der Waals surface area contributed by atoms with Gasteiger partial charge in [0.15, 0.2) is 5.43 Å². The van der Waals surface area contributed by atoms with E-state index >= 15 is 0 Å². The zero-order valence-electron chi connectivity index (χ0n) is 11.4. The molecule has 0 fully saturated rings. The van der Waals surface area contributed by atoms with Crippen LogP contribution in [0.4, 0.5) is 5.69 Å². The molecule has 6 nitrogen and oxygen atoms in total. The number of rotatable bonds is 4. The van der Waals surface area contributed by atoms with Gasteiger partial charge in [0.1, 0.15) is 17.2 Å². The van der Waals surface area contributed by atoms with Gasteiger partial charge in [0.25, 0.3) is 5.91 Å². The zero-order valence-corrected chi connectivity index (χ0v) is 12.2. The summed E-state index contributed by atoms with van der Waals surface area (Å²) in [5.41, 5.74) is 0.256. The molecule has 0 bridgehead atoms. The van der Waals surface area contributed by atoms with Gasteiger partial charge >= 0.3 is 0 Å². The van der Waals surface area contributed by atoms with Crippen LogP contribution in [-0.2, 0) is 0 Å². The van der Waals surface area contributed by atoms with Gasteiger partial charge in [-0.15, -0.1) is 0 Å². The minimum absolute atomic E-state index is 0.137. The van der Waals surface area contributed by atoms with E-state index in [9.17, 15) is 9.59 Å². The number of ether oxygens (including phenoxy) is 2. The Morgan fingerprint density at radius 1 is 1.19 bits per heavy atom. The Kier molecular flexibility index (Phi) is 4.49. The average molecular weight is 309 g/mol. The maximum absolute atomic E-state index is 12.1. The van der Waals surface area contributed by atoms with Crippen LogP contribution in [0.5, 0.6) is 11.5 Å². The van der Waals surface area contributed by atoms with Crippen LogP contribution in [-0.4, -0.2) is 25.1 Å². The predicted octanol–water partition coefficient (Wildman–Crippen LogP) is 2.30. The zero-order chi connectivity index (χ0) is 15.4. The molecular weight excluding hydrogens is 296 g/mol. The first-order valence-corrected chi connectivity index (χ1v) is 6.34. The first-order valence-electron chi connectivity index (χ1n) is 5.96. The number of aromatic nitrogens is 1. The van der Waals surface area contributed by atoms with Crippen LogP contribution in [0.3, 0.4) is 0 Å². The van der Waals surface area contributed by atoms with E-state index in [4.69, 9.17) is 21.1 Å². The first-order chi connectivity index (χ1) is 10.0. The lowest BCUT2D eigenvalue weighted by molar-refractivity contribution is 0.102. The fourth-order valence-electron chi connectivity index (χ4n) is 1.72. The van der Waals surface area contributed by atoms with E-state index in [1.54, 1.807) is 6.07 Å². The molecule has 7 heteroatoms. The van der Waals surface area contributed by atoms with Crippen molar-refractivity contribution < 1.29 is 14.3 Å². The number of hydrogen-bond donors (Lipinski definition) is 2. The summed E-state index contributed by atoms with van der Waals surface area (Å²) in [5, 5.41) is 3.00. The number of carbonyl (C=O) groups excluding carboxylic acids is 1. The van der Waals surface area contributed by atoms with Gasteiger partial charge in [-0.1, -0.05) is 11.6 Å². The van der Waals surface area contributed by atoms with Crippen molar-refractivity contribution in [2.45, 2.75) is 0 Å². The molecule has 0 unspecified atom stereocenters. The molecule has 1 aromatic heterocycles. The van der Waals surface area contributed by atoms with Crippen molar-refractivity contribution in [3.05, 3.63) is 51.4 Å². The van der Waals surface area contributed by atoms with Gasteiger partial charge < -0.3 is 19.8 Å². The maximum atomic E-state index is 12.1. The molecule has 1 amide bonds. The van der Waals surface area contributed by atoms with E-state index in [1.807, 2.05) is 0 Å². The van der Waals surface area contributed by atoms with Gasteiger partial charge in [0.05, 0.1) is 24.9 Å². The second kappa shape index (κ2) is 6.32. The second-order valence-corrected chi connectivity index (χ2v) is 4.49. The van der Waals surface area contributed by atoms with Crippen molar-refractivity contribution in [3.63, 3.8) is 0 Å². The number of benzene rings is 1. The summed E-state index contributed by atoms with van der Waals surface area (Å²) in [4.78, 5) is 26.1. The molecule has 0 aliphatic heterocycles. The first kappa shape index (κ1) is 14.9. The van der Waals surface area contributed by atoms with Gasteiger partial charge in [0.2, 0.25) is 0 Å². The largest absolute Gasteiger partial charge is 0.495 e. The molecule has 21 heavy (non-hydrogen) atoms. The van der Waals surface area contributed by atoms with Crippen molar-refractivity contribution in [2.75, 3.05) is 19.5 Å². The average Bonchev–Trinajstić information content (AvgIpc) is 2.48. The van der Waals surface area contributed by atoms with E-state index in [0.29, 0.717) is 22.2 Å². The fourth-order valence-corrected chi connectivity index (χ4v) is 1.96. The Morgan fingerprint density at radius 2 is 1.90 bits per heavy atom. The molecule has 0 aliphatic carbocycles. The molecule has 0 atom stereocenters. The summed E-state index contributed by atoms with van der Waals surface area (Å²) in [6, 6.07) is 5.60. The molecule has 0 aliphatic rings. The molecule has 2 rings (SSSR count). The maximum Gasteiger partial charge on any atom is 0.272 e. The van der Waals surface area contributed by atoms with Crippen molar-refractivity contribution in [2.24, 2.45) is 0 Å². The van der Waals surface area contributed by atoms with Crippen molar-refractivity contribution in [1.82, 2.24) is 4.98 Å². The van der Waals surface area contributed by atoms with Crippen molar-refractivity contribution in [1.29, 1.82) is 0 Å². The number of pyridine rings is 1. The van der Waals surface area contributed by atoms with Crippen LogP contribution >= 0.6 is 11.6 Å². The topological polar surface area (TPSA) is 80.4 Å². The lowest BCUT2D eigenvalue weighted by Gasteiger charge is -2.13. The third kappa shape index (κ3) is 3.35. The molecule has 1 aromatic carbocycles. The van der Waals surface area contributed by atoms with Gasteiger partial charge in [0, 0.05) is 30.5 Å². The van der Waals surface area contributed by atoms with E-state index in [1.165, 1.54) is 38.6 Å². The van der Waals surface area contributed by atoms with Crippen LogP contribution in [0.1, 0.15) is 10.5 Å². The second-order valence-electron chi connectivity index (χ2n) is 4.08. The Hall–Kier alpha value is -2.47. The number of hydrogen-bond acceptors (Lipinski definition) is 4. The molecule has 1 heterocycles. The van der Waals surface area contributed by atoms with E-state index in [-0.39, 0.29) is 11.1 Å². The summed E-state index contributed by atoms with van der Waals surface area (Å²) < 4.78 is 10.3. The molecule has 110 valence electrons. The standard InChI is InChI=1S/C14H13ClN2O4/c1-20-12-7-10(13(21-2)6-9(12)15)17-14(19)11-5-8(18)3-4-16-11/h3-7H,1-2H3,(H,16,18)(H,17,19). The number of anilines is 1. The third-order valence-corrected chi connectivity index (χ3v) is 3.04. The summed E-state index contributed by atoms with van der Waals surface area (Å²) in [5.74, 6) is 0.303. The van der Waals surface area contributed by atoms with Crippen molar-refractivity contribution in [3.8, 4) is 11.5 Å². The summed E-state index contributed by atoms with van der Waals surface area (Å²) in [6.45, 7) is 0. The Morgan fingerprint density at radius 3 is 2.52 bits per heavy atom. The normalized spacial score (nSPS) is 10.0. The number of halogens is 1. The SMILES string of the molecule is COc1cc(NC(=O)c2cc(=O)cc[nH]2)c(OC)cc1Cl. The number of H-pyrrole nitrogens is 1. The quantitative estimate of drug-likeness (QED) is 0.908.